The molecule has 2 aromatic carbocycles. The van der Waals surface area contributed by atoms with Crippen LogP contribution >= 0.6 is 0 Å². The highest BCUT2D eigenvalue weighted by Gasteiger charge is 2.06. The van der Waals surface area contributed by atoms with Gasteiger partial charge in [-0.1, -0.05) is 72.3 Å². The molecule has 0 aliphatic rings. The van der Waals surface area contributed by atoms with Crippen molar-refractivity contribution in [2.24, 2.45) is 0 Å². The highest BCUT2D eigenvalue weighted by molar-refractivity contribution is 5.21. The third kappa shape index (κ3) is 4.38. The Labute approximate surface area is 115 Å². The summed E-state index contributed by atoms with van der Waals surface area (Å²) in [5.74, 6) is 0. The zero-order chi connectivity index (χ0) is 13.5. The van der Waals surface area contributed by atoms with Gasteiger partial charge < -0.3 is 5.11 Å². The Morgan fingerprint density at radius 1 is 1.00 bits per heavy atom. The van der Waals surface area contributed by atoms with E-state index < -0.39 is 6.10 Å². The lowest BCUT2D eigenvalue weighted by Crippen LogP contribution is -1.98. The summed E-state index contributed by atoms with van der Waals surface area (Å²) in [6.45, 7) is 2.08. The van der Waals surface area contributed by atoms with Crippen LogP contribution in [0.4, 0.5) is 0 Å². The molecule has 0 saturated carbocycles. The zero-order valence-corrected chi connectivity index (χ0v) is 11.3. The van der Waals surface area contributed by atoms with Crippen LogP contribution in [0.25, 0.3) is 0 Å². The number of hydrogen-bond acceptors (Lipinski definition) is 1. The van der Waals surface area contributed by atoms with Gasteiger partial charge in [-0.25, -0.2) is 0 Å². The van der Waals surface area contributed by atoms with Crippen LogP contribution in [0.1, 0.15) is 30.6 Å². The van der Waals surface area contributed by atoms with Gasteiger partial charge in [0.1, 0.15) is 0 Å². The van der Waals surface area contributed by atoms with Gasteiger partial charge in [0.25, 0.3) is 0 Å². The van der Waals surface area contributed by atoms with Gasteiger partial charge in [0.05, 0.1) is 6.10 Å². The highest BCUT2D eigenvalue weighted by Crippen LogP contribution is 2.20. The molecule has 0 radical (unpaired) electrons. The second-order valence-corrected chi connectivity index (χ2v) is 4.87. The Kier molecular flexibility index (Phi) is 4.93. The second kappa shape index (κ2) is 6.91. The second-order valence-electron chi connectivity index (χ2n) is 4.87. The van der Waals surface area contributed by atoms with Crippen molar-refractivity contribution < 1.29 is 5.11 Å². The molecule has 1 N–H and O–H groups in total. The Balaban J connectivity index is 1.92. The van der Waals surface area contributed by atoms with E-state index in [4.69, 9.17) is 0 Å². The van der Waals surface area contributed by atoms with Crippen molar-refractivity contribution in [1.29, 1.82) is 0 Å². The van der Waals surface area contributed by atoms with E-state index in [1.54, 1.807) is 0 Å². The molecule has 0 fully saturated rings. The standard InChI is InChI=1S/C18H20O/c1-15(12-13-16-8-4-2-5-9-16)14-18(19)17-10-6-3-7-11-17/h2-12,18-19H,13-14H2,1H3/b15-12+. The molecule has 1 atom stereocenters. The van der Waals surface area contributed by atoms with Crippen LogP contribution in [0.3, 0.4) is 0 Å². The molecule has 0 amide bonds. The quantitative estimate of drug-likeness (QED) is 0.787. The van der Waals surface area contributed by atoms with E-state index in [1.165, 1.54) is 11.1 Å². The first-order valence-corrected chi connectivity index (χ1v) is 6.68. The molecule has 0 saturated heterocycles. The van der Waals surface area contributed by atoms with Crippen molar-refractivity contribution >= 4 is 0 Å². The summed E-state index contributed by atoms with van der Waals surface area (Å²) in [4.78, 5) is 0. The lowest BCUT2D eigenvalue weighted by Gasteiger charge is -2.11. The molecule has 1 unspecified atom stereocenters. The molecule has 0 aromatic heterocycles. The summed E-state index contributed by atoms with van der Waals surface area (Å²) in [6.07, 6.45) is 3.40. The molecule has 1 nitrogen and oxygen atoms in total. The SMILES string of the molecule is C/C(=C\Cc1ccccc1)CC(O)c1ccccc1. The van der Waals surface area contributed by atoms with Gasteiger partial charge in [0, 0.05) is 0 Å². The normalized spacial score (nSPS) is 13.3. The van der Waals surface area contributed by atoms with Gasteiger partial charge in [-0.3, -0.25) is 0 Å². The van der Waals surface area contributed by atoms with E-state index in [2.05, 4.69) is 37.3 Å². The highest BCUT2D eigenvalue weighted by atomic mass is 16.3. The Morgan fingerprint density at radius 3 is 2.21 bits per heavy atom. The maximum absolute atomic E-state index is 10.1. The summed E-state index contributed by atoms with van der Waals surface area (Å²) in [7, 11) is 0. The summed E-state index contributed by atoms with van der Waals surface area (Å²) in [6, 6.07) is 20.2. The van der Waals surface area contributed by atoms with Crippen LogP contribution in [0.2, 0.25) is 0 Å². The molecular formula is C18H20O. The van der Waals surface area contributed by atoms with Crippen molar-refractivity contribution in [3.8, 4) is 0 Å². The fraction of sp³-hybridized carbons (Fsp3) is 0.222. The van der Waals surface area contributed by atoms with E-state index in [-0.39, 0.29) is 0 Å². The van der Waals surface area contributed by atoms with Crippen molar-refractivity contribution in [2.75, 3.05) is 0 Å². The van der Waals surface area contributed by atoms with Crippen LogP contribution in [-0.4, -0.2) is 5.11 Å². The average molecular weight is 252 g/mol. The van der Waals surface area contributed by atoms with E-state index in [0.717, 1.165) is 12.0 Å². The molecule has 98 valence electrons. The van der Waals surface area contributed by atoms with Crippen molar-refractivity contribution in [3.05, 3.63) is 83.4 Å². The minimum atomic E-state index is -0.409. The third-order valence-corrected chi connectivity index (χ3v) is 3.23. The summed E-state index contributed by atoms with van der Waals surface area (Å²) in [5, 5.41) is 10.1. The number of aliphatic hydroxyl groups excluding tert-OH is 1. The van der Waals surface area contributed by atoms with Crippen molar-refractivity contribution in [2.45, 2.75) is 25.9 Å². The molecular weight excluding hydrogens is 232 g/mol. The maximum atomic E-state index is 10.1. The Bertz CT molecular complexity index is 514. The van der Waals surface area contributed by atoms with Gasteiger partial charge in [-0.2, -0.15) is 0 Å². The van der Waals surface area contributed by atoms with Gasteiger partial charge in [0.15, 0.2) is 0 Å². The smallest absolute Gasteiger partial charge is 0.0827 e. The van der Waals surface area contributed by atoms with Gasteiger partial charge in [0.2, 0.25) is 0 Å². The van der Waals surface area contributed by atoms with E-state index in [0.29, 0.717) is 6.42 Å². The molecule has 2 aromatic rings. The Morgan fingerprint density at radius 2 is 1.58 bits per heavy atom. The van der Waals surface area contributed by atoms with Crippen LogP contribution in [-0.2, 0) is 6.42 Å². The number of hydrogen-bond donors (Lipinski definition) is 1. The summed E-state index contributed by atoms with van der Waals surface area (Å²) >= 11 is 0. The third-order valence-electron chi connectivity index (χ3n) is 3.23. The van der Waals surface area contributed by atoms with E-state index >= 15 is 0 Å². The Hall–Kier alpha value is -1.86. The summed E-state index contributed by atoms with van der Waals surface area (Å²) < 4.78 is 0. The predicted octanol–water partition coefficient (Wildman–Crippen LogP) is 4.30. The average Bonchev–Trinajstić information content (AvgIpc) is 2.47. The number of rotatable bonds is 5. The molecule has 0 spiro atoms. The van der Waals surface area contributed by atoms with Gasteiger partial charge >= 0.3 is 0 Å². The lowest BCUT2D eigenvalue weighted by molar-refractivity contribution is 0.178. The number of benzene rings is 2. The van der Waals surface area contributed by atoms with Gasteiger partial charge in [-0.15, -0.1) is 0 Å². The first-order valence-electron chi connectivity index (χ1n) is 6.68. The van der Waals surface area contributed by atoms with Crippen LogP contribution in [0.5, 0.6) is 0 Å². The van der Waals surface area contributed by atoms with Gasteiger partial charge in [-0.05, 0) is 30.9 Å². The predicted molar refractivity (Wildman–Crippen MR) is 79.9 cm³/mol. The number of allylic oxidation sites excluding steroid dienone is 1. The topological polar surface area (TPSA) is 20.2 Å². The fourth-order valence-corrected chi connectivity index (χ4v) is 2.09. The number of aliphatic hydroxyl groups is 1. The van der Waals surface area contributed by atoms with Crippen LogP contribution < -0.4 is 0 Å². The van der Waals surface area contributed by atoms with Crippen molar-refractivity contribution in [1.82, 2.24) is 0 Å². The molecule has 2 rings (SSSR count). The first-order chi connectivity index (χ1) is 9.25. The lowest BCUT2D eigenvalue weighted by atomic mass is 10.0. The monoisotopic (exact) mass is 252 g/mol. The molecule has 0 aliphatic carbocycles. The minimum Gasteiger partial charge on any atom is -0.388 e. The summed E-state index contributed by atoms with van der Waals surface area (Å²) in [5.41, 5.74) is 3.51. The molecule has 19 heavy (non-hydrogen) atoms. The zero-order valence-electron chi connectivity index (χ0n) is 11.3. The first kappa shape index (κ1) is 13.6. The minimum absolute atomic E-state index is 0.409. The molecule has 1 heteroatoms. The molecule has 0 bridgehead atoms. The van der Waals surface area contributed by atoms with E-state index in [9.17, 15) is 5.11 Å². The van der Waals surface area contributed by atoms with Crippen LogP contribution in [0, 0.1) is 0 Å². The largest absolute Gasteiger partial charge is 0.388 e. The fourth-order valence-electron chi connectivity index (χ4n) is 2.09. The van der Waals surface area contributed by atoms with Crippen molar-refractivity contribution in [3.63, 3.8) is 0 Å². The van der Waals surface area contributed by atoms with E-state index in [1.807, 2.05) is 36.4 Å². The van der Waals surface area contributed by atoms with Crippen LogP contribution in [0.15, 0.2) is 72.3 Å². The molecule has 0 aliphatic heterocycles. The molecule has 0 heterocycles. The maximum Gasteiger partial charge on any atom is 0.0827 e.